The summed E-state index contributed by atoms with van der Waals surface area (Å²) in [5.41, 5.74) is 2.82. The molecule has 5 nitrogen and oxygen atoms in total. The summed E-state index contributed by atoms with van der Waals surface area (Å²) in [5, 5.41) is 13.2. The van der Waals surface area contributed by atoms with E-state index in [0.29, 0.717) is 18.0 Å². The number of nitrogens with zero attached hydrogens (tertiary/aromatic N) is 1. The molecular formula is C14H24N4O. The highest BCUT2D eigenvalue weighted by molar-refractivity contribution is 5.93. The van der Waals surface area contributed by atoms with Gasteiger partial charge in [0.2, 0.25) is 5.91 Å². The van der Waals surface area contributed by atoms with E-state index in [2.05, 4.69) is 34.7 Å². The molecule has 0 radical (unpaired) electrons. The van der Waals surface area contributed by atoms with E-state index in [9.17, 15) is 4.79 Å². The molecule has 1 aliphatic rings. The highest BCUT2D eigenvalue weighted by Gasteiger charge is 2.34. The Kier molecular flexibility index (Phi) is 3.94. The van der Waals surface area contributed by atoms with Crippen LogP contribution >= 0.6 is 0 Å². The lowest BCUT2D eigenvalue weighted by molar-refractivity contribution is -0.115. The lowest BCUT2D eigenvalue weighted by Gasteiger charge is -2.27. The van der Waals surface area contributed by atoms with Crippen LogP contribution < -0.4 is 10.6 Å². The van der Waals surface area contributed by atoms with Crippen LogP contribution in [-0.4, -0.2) is 28.7 Å². The maximum Gasteiger partial charge on any atom is 0.238 e. The summed E-state index contributed by atoms with van der Waals surface area (Å²) in [6, 6.07) is 0.435. The molecule has 1 aliphatic carbocycles. The summed E-state index contributed by atoms with van der Waals surface area (Å²) in [4.78, 5) is 12.0. The van der Waals surface area contributed by atoms with Crippen LogP contribution in [0.15, 0.2) is 0 Å². The number of hydrogen-bond donors (Lipinski definition) is 3. The van der Waals surface area contributed by atoms with Crippen molar-refractivity contribution in [3.05, 3.63) is 11.4 Å². The molecule has 0 aromatic carbocycles. The Balaban J connectivity index is 1.86. The Morgan fingerprint density at radius 1 is 1.47 bits per heavy atom. The van der Waals surface area contributed by atoms with Crippen molar-refractivity contribution in [3.63, 3.8) is 0 Å². The molecule has 1 unspecified atom stereocenters. The van der Waals surface area contributed by atoms with Crippen molar-refractivity contribution in [1.82, 2.24) is 15.5 Å². The minimum Gasteiger partial charge on any atom is -0.322 e. The average Bonchev–Trinajstić information content (AvgIpc) is 2.83. The lowest BCUT2D eigenvalue weighted by Crippen LogP contribution is -2.41. The van der Waals surface area contributed by atoms with Crippen molar-refractivity contribution in [2.75, 3.05) is 11.9 Å². The van der Waals surface area contributed by atoms with Crippen molar-refractivity contribution < 1.29 is 4.79 Å². The number of amides is 1. The third-order valence-corrected chi connectivity index (χ3v) is 4.16. The number of rotatable bonds is 4. The molecule has 1 saturated carbocycles. The third kappa shape index (κ3) is 3.15. The van der Waals surface area contributed by atoms with E-state index in [0.717, 1.165) is 23.5 Å². The van der Waals surface area contributed by atoms with Gasteiger partial charge in [0.05, 0.1) is 23.6 Å². The van der Waals surface area contributed by atoms with E-state index in [4.69, 9.17) is 0 Å². The fourth-order valence-corrected chi connectivity index (χ4v) is 2.84. The van der Waals surface area contributed by atoms with Gasteiger partial charge in [0.15, 0.2) is 0 Å². The van der Waals surface area contributed by atoms with Gasteiger partial charge in [0.1, 0.15) is 0 Å². The predicted molar refractivity (Wildman–Crippen MR) is 76.1 cm³/mol. The third-order valence-electron chi connectivity index (χ3n) is 4.16. The number of nitrogens with one attached hydrogen (secondary N) is 3. The van der Waals surface area contributed by atoms with Gasteiger partial charge in [-0.3, -0.25) is 9.89 Å². The second kappa shape index (κ2) is 5.33. The first-order valence-electron chi connectivity index (χ1n) is 6.95. The van der Waals surface area contributed by atoms with E-state index in [1.165, 1.54) is 12.8 Å². The Morgan fingerprint density at radius 2 is 2.21 bits per heavy atom. The number of carbonyl (C=O) groups is 1. The average molecular weight is 264 g/mol. The standard InChI is InChI=1S/C14H24N4O/c1-9-13(10(2)18-17-9)16-12(19)8-15-11-6-5-7-14(11,3)4/h11,15H,5-8H2,1-4H3,(H,16,19)(H,17,18). The van der Waals surface area contributed by atoms with Crippen LogP contribution in [0.3, 0.4) is 0 Å². The molecular weight excluding hydrogens is 240 g/mol. The number of carbonyl (C=O) groups excluding carboxylic acids is 1. The first kappa shape index (κ1) is 14.1. The lowest BCUT2D eigenvalue weighted by atomic mass is 9.87. The Hall–Kier alpha value is -1.36. The van der Waals surface area contributed by atoms with Crippen molar-refractivity contribution in [1.29, 1.82) is 0 Å². The summed E-state index contributed by atoms with van der Waals surface area (Å²) >= 11 is 0. The maximum absolute atomic E-state index is 12.0. The smallest absolute Gasteiger partial charge is 0.238 e. The highest BCUT2D eigenvalue weighted by atomic mass is 16.1. The zero-order valence-corrected chi connectivity index (χ0v) is 12.3. The molecule has 106 valence electrons. The van der Waals surface area contributed by atoms with Gasteiger partial charge >= 0.3 is 0 Å². The number of aromatic nitrogens is 2. The van der Waals surface area contributed by atoms with Gasteiger partial charge in [-0.1, -0.05) is 20.3 Å². The number of aryl methyl sites for hydroxylation is 2. The largest absolute Gasteiger partial charge is 0.322 e. The zero-order chi connectivity index (χ0) is 14.0. The molecule has 1 aromatic rings. The van der Waals surface area contributed by atoms with Crippen LogP contribution in [0.4, 0.5) is 5.69 Å². The van der Waals surface area contributed by atoms with E-state index in [1.54, 1.807) is 0 Å². The fraction of sp³-hybridized carbons (Fsp3) is 0.714. The van der Waals surface area contributed by atoms with E-state index >= 15 is 0 Å². The molecule has 0 saturated heterocycles. The minimum absolute atomic E-state index is 0.00435. The SMILES string of the molecule is Cc1n[nH]c(C)c1NC(=O)CNC1CCCC1(C)C. The van der Waals surface area contributed by atoms with E-state index in [1.807, 2.05) is 13.8 Å². The van der Waals surface area contributed by atoms with Crippen LogP contribution in [0.2, 0.25) is 0 Å². The van der Waals surface area contributed by atoms with Crippen molar-refractivity contribution in [3.8, 4) is 0 Å². The van der Waals surface area contributed by atoms with Crippen LogP contribution in [-0.2, 0) is 4.79 Å². The van der Waals surface area contributed by atoms with E-state index in [-0.39, 0.29) is 5.91 Å². The van der Waals surface area contributed by atoms with Gasteiger partial charge in [-0.05, 0) is 32.1 Å². The first-order chi connectivity index (χ1) is 8.90. The summed E-state index contributed by atoms with van der Waals surface area (Å²) in [5.74, 6) is -0.00435. The molecule has 19 heavy (non-hydrogen) atoms. The molecule has 1 amide bonds. The summed E-state index contributed by atoms with van der Waals surface area (Å²) in [7, 11) is 0. The minimum atomic E-state index is -0.00435. The maximum atomic E-state index is 12.0. The van der Waals surface area contributed by atoms with Gasteiger partial charge in [0.25, 0.3) is 0 Å². The normalized spacial score (nSPS) is 21.6. The Bertz CT molecular complexity index is 445. The zero-order valence-electron chi connectivity index (χ0n) is 12.3. The molecule has 0 spiro atoms. The molecule has 2 rings (SSSR count). The Labute approximate surface area is 114 Å². The number of hydrogen-bond acceptors (Lipinski definition) is 3. The molecule has 0 aliphatic heterocycles. The summed E-state index contributed by atoms with van der Waals surface area (Å²) < 4.78 is 0. The fourth-order valence-electron chi connectivity index (χ4n) is 2.84. The van der Waals surface area contributed by atoms with Gasteiger partial charge in [-0.25, -0.2) is 0 Å². The summed E-state index contributed by atoms with van der Waals surface area (Å²) in [6.45, 7) is 8.67. The molecule has 1 heterocycles. The van der Waals surface area contributed by atoms with Crippen molar-refractivity contribution >= 4 is 11.6 Å². The monoisotopic (exact) mass is 264 g/mol. The second-order valence-electron chi connectivity index (χ2n) is 6.17. The van der Waals surface area contributed by atoms with Crippen LogP contribution in [0.5, 0.6) is 0 Å². The van der Waals surface area contributed by atoms with Crippen molar-refractivity contribution in [2.45, 2.75) is 53.0 Å². The van der Waals surface area contributed by atoms with E-state index < -0.39 is 0 Å². The number of aromatic amines is 1. The topological polar surface area (TPSA) is 69.8 Å². The quantitative estimate of drug-likeness (QED) is 0.780. The van der Waals surface area contributed by atoms with Crippen LogP contribution in [0, 0.1) is 19.3 Å². The van der Waals surface area contributed by atoms with Crippen LogP contribution in [0.25, 0.3) is 0 Å². The summed E-state index contributed by atoms with van der Waals surface area (Å²) in [6.07, 6.45) is 3.63. The molecule has 1 atom stereocenters. The number of H-pyrrole nitrogens is 1. The highest BCUT2D eigenvalue weighted by Crippen LogP contribution is 2.36. The second-order valence-corrected chi connectivity index (χ2v) is 6.17. The molecule has 5 heteroatoms. The van der Waals surface area contributed by atoms with Gasteiger partial charge in [-0.15, -0.1) is 0 Å². The Morgan fingerprint density at radius 3 is 2.74 bits per heavy atom. The van der Waals surface area contributed by atoms with Crippen LogP contribution in [0.1, 0.15) is 44.5 Å². The number of anilines is 1. The van der Waals surface area contributed by atoms with Crippen molar-refractivity contribution in [2.24, 2.45) is 5.41 Å². The van der Waals surface area contributed by atoms with Gasteiger partial charge < -0.3 is 10.6 Å². The molecule has 0 bridgehead atoms. The molecule has 3 N–H and O–H groups in total. The van der Waals surface area contributed by atoms with Gasteiger partial charge in [0, 0.05) is 6.04 Å². The molecule has 1 aromatic heterocycles. The first-order valence-corrected chi connectivity index (χ1v) is 6.95. The predicted octanol–water partition coefficient (Wildman–Crippen LogP) is 2.13. The molecule has 1 fully saturated rings. The van der Waals surface area contributed by atoms with Gasteiger partial charge in [-0.2, -0.15) is 5.10 Å².